The first-order chi connectivity index (χ1) is 13.6. The zero-order valence-corrected chi connectivity index (χ0v) is 16.4. The number of carbonyl (C=O) groups is 2. The Bertz CT molecular complexity index is 731. The predicted molar refractivity (Wildman–Crippen MR) is 109 cm³/mol. The zero-order chi connectivity index (χ0) is 19.8. The predicted octanol–water partition coefficient (Wildman–Crippen LogP) is 2.75. The summed E-state index contributed by atoms with van der Waals surface area (Å²) in [4.78, 5) is 25.6. The highest BCUT2D eigenvalue weighted by atomic mass is 16.5. The molecule has 2 aromatic carbocycles. The molecule has 1 aliphatic rings. The molecule has 0 unspecified atom stereocenters. The van der Waals surface area contributed by atoms with Crippen molar-refractivity contribution in [3.05, 3.63) is 71.8 Å². The van der Waals surface area contributed by atoms with Crippen LogP contribution in [0.5, 0.6) is 0 Å². The van der Waals surface area contributed by atoms with Crippen LogP contribution in [0.3, 0.4) is 0 Å². The summed E-state index contributed by atoms with van der Waals surface area (Å²) in [5.74, 6) is -0.632. The number of ether oxygens (including phenoxy) is 1. The van der Waals surface area contributed by atoms with Crippen molar-refractivity contribution in [1.82, 2.24) is 10.2 Å². The Hall–Kier alpha value is -2.50. The van der Waals surface area contributed by atoms with Crippen LogP contribution < -0.4 is 5.32 Å². The van der Waals surface area contributed by atoms with E-state index in [1.165, 1.54) is 18.1 Å². The summed E-state index contributed by atoms with van der Waals surface area (Å²) in [5, 5.41) is 3.42. The molecule has 5 nitrogen and oxygen atoms in total. The molecule has 2 aromatic rings. The Morgan fingerprint density at radius 2 is 1.50 bits per heavy atom. The second-order valence-corrected chi connectivity index (χ2v) is 7.18. The van der Waals surface area contributed by atoms with E-state index in [1.54, 1.807) is 0 Å². The normalized spacial score (nSPS) is 15.2. The lowest BCUT2D eigenvalue weighted by atomic mass is 9.78. The van der Waals surface area contributed by atoms with Gasteiger partial charge >= 0.3 is 5.97 Å². The standard InChI is InChI=1S/C23H28N2O3/c1-19(26)18-22(27)28-17-12-23(20-8-4-2-5-9-20,21-10-6-3-7-11-21)25-15-13-24-14-16-25/h2-11,24H,12-18H2,1H3. The maximum atomic E-state index is 11.9. The molecule has 1 saturated heterocycles. The smallest absolute Gasteiger partial charge is 0.313 e. The van der Waals surface area contributed by atoms with Crippen LogP contribution in [0.2, 0.25) is 0 Å². The molecule has 0 saturated carbocycles. The minimum atomic E-state index is -0.456. The van der Waals surface area contributed by atoms with Crippen LogP contribution in [0.1, 0.15) is 30.9 Å². The van der Waals surface area contributed by atoms with E-state index in [-0.39, 0.29) is 24.3 Å². The van der Waals surface area contributed by atoms with Gasteiger partial charge in [0.1, 0.15) is 12.2 Å². The van der Waals surface area contributed by atoms with Gasteiger partial charge in [-0.3, -0.25) is 14.5 Å². The van der Waals surface area contributed by atoms with Crippen LogP contribution in [0.15, 0.2) is 60.7 Å². The molecule has 0 atom stereocenters. The Balaban J connectivity index is 1.95. The zero-order valence-electron chi connectivity index (χ0n) is 16.4. The number of Topliss-reactive ketones (excluding diaryl/α,β-unsaturated/α-hetero) is 1. The van der Waals surface area contributed by atoms with Gasteiger partial charge in [-0.05, 0) is 18.1 Å². The highest BCUT2D eigenvalue weighted by molar-refractivity contribution is 5.94. The molecular weight excluding hydrogens is 352 g/mol. The molecule has 0 bridgehead atoms. The number of piperazine rings is 1. The van der Waals surface area contributed by atoms with Gasteiger partial charge in [0.25, 0.3) is 0 Å². The lowest BCUT2D eigenvalue weighted by Gasteiger charge is -2.47. The Morgan fingerprint density at radius 1 is 0.964 bits per heavy atom. The van der Waals surface area contributed by atoms with E-state index >= 15 is 0 Å². The molecule has 0 aliphatic carbocycles. The summed E-state index contributed by atoms with van der Waals surface area (Å²) in [6, 6.07) is 20.8. The van der Waals surface area contributed by atoms with Crippen LogP contribution in [0.25, 0.3) is 0 Å². The van der Waals surface area contributed by atoms with Crippen molar-refractivity contribution in [2.45, 2.75) is 25.3 Å². The van der Waals surface area contributed by atoms with Crippen LogP contribution >= 0.6 is 0 Å². The fraction of sp³-hybridized carbons (Fsp3) is 0.391. The van der Waals surface area contributed by atoms with Crippen molar-refractivity contribution in [2.75, 3.05) is 32.8 Å². The average molecular weight is 380 g/mol. The van der Waals surface area contributed by atoms with Crippen molar-refractivity contribution in [2.24, 2.45) is 0 Å². The molecule has 0 aromatic heterocycles. The van der Waals surface area contributed by atoms with Gasteiger partial charge in [-0.1, -0.05) is 60.7 Å². The van der Waals surface area contributed by atoms with Crippen molar-refractivity contribution in [3.63, 3.8) is 0 Å². The van der Waals surface area contributed by atoms with Gasteiger partial charge in [0, 0.05) is 32.6 Å². The molecule has 1 aliphatic heterocycles. The van der Waals surface area contributed by atoms with Crippen molar-refractivity contribution < 1.29 is 14.3 Å². The Labute approximate surface area is 166 Å². The molecule has 5 heteroatoms. The van der Waals surface area contributed by atoms with Gasteiger partial charge in [-0.2, -0.15) is 0 Å². The minimum Gasteiger partial charge on any atom is -0.465 e. The number of nitrogens with zero attached hydrogens (tertiary/aromatic N) is 1. The fourth-order valence-electron chi connectivity index (χ4n) is 4.02. The SMILES string of the molecule is CC(=O)CC(=O)OCCC(c1ccccc1)(c1ccccc1)N1CCNCC1. The summed E-state index contributed by atoms with van der Waals surface area (Å²) in [6.45, 7) is 5.33. The van der Waals surface area contributed by atoms with Crippen molar-refractivity contribution >= 4 is 11.8 Å². The maximum Gasteiger partial charge on any atom is 0.313 e. The third kappa shape index (κ3) is 4.66. The summed E-state index contributed by atoms with van der Waals surface area (Å²) in [6.07, 6.45) is 0.460. The first kappa shape index (κ1) is 20.2. The van der Waals surface area contributed by atoms with E-state index in [4.69, 9.17) is 4.74 Å². The van der Waals surface area contributed by atoms with Crippen LogP contribution in [0, 0.1) is 0 Å². The fourth-order valence-corrected chi connectivity index (χ4v) is 4.02. The van der Waals surface area contributed by atoms with E-state index < -0.39 is 5.97 Å². The molecule has 28 heavy (non-hydrogen) atoms. The number of hydrogen-bond donors (Lipinski definition) is 1. The summed E-state index contributed by atoms with van der Waals surface area (Å²) >= 11 is 0. The Morgan fingerprint density at radius 3 is 2.00 bits per heavy atom. The van der Waals surface area contributed by atoms with Crippen LogP contribution in [-0.4, -0.2) is 49.4 Å². The highest BCUT2D eigenvalue weighted by Crippen LogP contribution is 2.39. The van der Waals surface area contributed by atoms with E-state index in [1.807, 2.05) is 12.1 Å². The van der Waals surface area contributed by atoms with Gasteiger partial charge in [0.15, 0.2) is 0 Å². The third-order valence-corrected chi connectivity index (χ3v) is 5.28. The number of nitrogens with one attached hydrogen (secondary N) is 1. The molecule has 148 valence electrons. The molecule has 1 heterocycles. The van der Waals surface area contributed by atoms with Crippen molar-refractivity contribution in [3.8, 4) is 0 Å². The first-order valence-electron chi connectivity index (χ1n) is 9.85. The second kappa shape index (κ2) is 9.62. The van der Waals surface area contributed by atoms with E-state index in [0.29, 0.717) is 6.42 Å². The van der Waals surface area contributed by atoms with Crippen LogP contribution in [0.4, 0.5) is 0 Å². The lowest BCUT2D eigenvalue weighted by molar-refractivity contribution is -0.146. The molecule has 3 rings (SSSR count). The molecule has 0 spiro atoms. The first-order valence-corrected chi connectivity index (χ1v) is 9.85. The molecule has 0 amide bonds. The van der Waals surface area contributed by atoms with Crippen molar-refractivity contribution in [1.29, 1.82) is 0 Å². The van der Waals surface area contributed by atoms with E-state index in [9.17, 15) is 9.59 Å². The number of ketones is 1. The lowest BCUT2D eigenvalue weighted by Crippen LogP contribution is -2.55. The minimum absolute atomic E-state index is 0.169. The number of benzene rings is 2. The third-order valence-electron chi connectivity index (χ3n) is 5.28. The van der Waals surface area contributed by atoms with E-state index in [0.717, 1.165) is 26.2 Å². The Kier molecular flexibility index (Phi) is 6.95. The van der Waals surface area contributed by atoms with Crippen LogP contribution in [-0.2, 0) is 19.9 Å². The highest BCUT2D eigenvalue weighted by Gasteiger charge is 2.40. The average Bonchev–Trinajstić information content (AvgIpc) is 2.73. The largest absolute Gasteiger partial charge is 0.465 e. The number of esters is 1. The monoisotopic (exact) mass is 380 g/mol. The summed E-state index contributed by atoms with van der Waals surface area (Å²) < 4.78 is 5.44. The van der Waals surface area contributed by atoms with E-state index in [2.05, 4.69) is 58.7 Å². The quantitative estimate of drug-likeness (QED) is 0.564. The molecular formula is C23H28N2O3. The molecule has 0 radical (unpaired) electrons. The number of hydrogen-bond acceptors (Lipinski definition) is 5. The summed E-state index contributed by atoms with van der Waals surface area (Å²) in [5.41, 5.74) is 1.98. The molecule has 1 fully saturated rings. The maximum absolute atomic E-state index is 11.9. The van der Waals surface area contributed by atoms with Gasteiger partial charge in [0.2, 0.25) is 0 Å². The van der Waals surface area contributed by atoms with Gasteiger partial charge in [-0.25, -0.2) is 0 Å². The topological polar surface area (TPSA) is 58.6 Å². The summed E-state index contributed by atoms with van der Waals surface area (Å²) in [7, 11) is 0. The second-order valence-electron chi connectivity index (χ2n) is 7.18. The van der Waals surface area contributed by atoms with Gasteiger partial charge in [-0.15, -0.1) is 0 Å². The number of carbonyl (C=O) groups excluding carboxylic acids is 2. The van der Waals surface area contributed by atoms with Gasteiger partial charge in [0.05, 0.1) is 12.1 Å². The van der Waals surface area contributed by atoms with Gasteiger partial charge < -0.3 is 10.1 Å². The number of rotatable bonds is 8. The molecule has 1 N–H and O–H groups in total.